The number of nitrogens with zero attached hydrogens (tertiary/aromatic N) is 5. The number of pyridine rings is 1. The van der Waals surface area contributed by atoms with Crippen molar-refractivity contribution in [1.82, 2.24) is 24.9 Å². The first kappa shape index (κ1) is 19.2. The molecule has 0 N–H and O–H groups in total. The zero-order chi connectivity index (χ0) is 20.6. The minimum Gasteiger partial charge on any atom is -0.347 e. The van der Waals surface area contributed by atoms with Crippen LogP contribution < -0.4 is 0 Å². The van der Waals surface area contributed by atoms with E-state index in [0.29, 0.717) is 55.5 Å². The van der Waals surface area contributed by atoms with E-state index in [9.17, 15) is 4.79 Å². The fourth-order valence-corrected chi connectivity index (χ4v) is 4.19. The number of amides is 1. The standard InChI is InChI=1S/C21H20ClN5O3/c22-16-3-1-2-4-17(16)27-19(15-5-9-23-10-6-15)18(24-25-27)20(28)26-11-7-21(8-12-26)29-13-14-30-21/h1-6,9-10H,7-8,11-14H2. The van der Waals surface area contributed by atoms with Crippen molar-refractivity contribution in [2.24, 2.45) is 0 Å². The lowest BCUT2D eigenvalue weighted by atomic mass is 10.0. The predicted molar refractivity (Wildman–Crippen MR) is 109 cm³/mol. The number of hydrogen-bond donors (Lipinski definition) is 0. The summed E-state index contributed by atoms with van der Waals surface area (Å²) >= 11 is 6.40. The van der Waals surface area contributed by atoms with E-state index < -0.39 is 5.79 Å². The van der Waals surface area contributed by atoms with Gasteiger partial charge in [0.15, 0.2) is 11.5 Å². The molecule has 2 aliphatic heterocycles. The molecule has 154 valence electrons. The molecule has 0 aliphatic carbocycles. The van der Waals surface area contributed by atoms with Crippen molar-refractivity contribution >= 4 is 17.5 Å². The highest BCUT2D eigenvalue weighted by Gasteiger charge is 2.41. The molecule has 0 bridgehead atoms. The van der Waals surface area contributed by atoms with Crippen LogP contribution in [0, 0.1) is 0 Å². The Morgan fingerprint density at radius 2 is 1.73 bits per heavy atom. The van der Waals surface area contributed by atoms with Crippen LogP contribution >= 0.6 is 11.6 Å². The van der Waals surface area contributed by atoms with Crippen LogP contribution in [-0.4, -0.2) is 62.9 Å². The van der Waals surface area contributed by atoms with E-state index in [1.54, 1.807) is 28.0 Å². The quantitative estimate of drug-likeness (QED) is 0.641. The van der Waals surface area contributed by atoms with Crippen molar-refractivity contribution in [3.05, 3.63) is 59.5 Å². The average molecular weight is 426 g/mol. The molecule has 0 unspecified atom stereocenters. The maximum Gasteiger partial charge on any atom is 0.276 e. The van der Waals surface area contributed by atoms with E-state index in [2.05, 4.69) is 15.3 Å². The first-order valence-corrected chi connectivity index (χ1v) is 10.2. The second-order valence-corrected chi connectivity index (χ2v) is 7.69. The number of hydrogen-bond acceptors (Lipinski definition) is 6. The summed E-state index contributed by atoms with van der Waals surface area (Å²) in [5, 5.41) is 9.05. The second-order valence-electron chi connectivity index (χ2n) is 7.29. The van der Waals surface area contributed by atoms with Crippen LogP contribution in [0.25, 0.3) is 16.9 Å². The first-order chi connectivity index (χ1) is 14.7. The Hall–Kier alpha value is -2.81. The molecule has 2 saturated heterocycles. The number of rotatable bonds is 3. The minimum atomic E-state index is -0.542. The van der Waals surface area contributed by atoms with Gasteiger partial charge in [-0.05, 0) is 24.3 Å². The number of benzene rings is 1. The van der Waals surface area contributed by atoms with Crippen molar-refractivity contribution in [3.8, 4) is 16.9 Å². The predicted octanol–water partition coefficient (Wildman–Crippen LogP) is 2.96. The monoisotopic (exact) mass is 425 g/mol. The zero-order valence-electron chi connectivity index (χ0n) is 16.2. The summed E-state index contributed by atoms with van der Waals surface area (Å²) in [6, 6.07) is 11.0. The maximum atomic E-state index is 13.4. The van der Waals surface area contributed by atoms with Gasteiger partial charge in [-0.15, -0.1) is 5.10 Å². The molecule has 5 rings (SSSR count). The van der Waals surface area contributed by atoms with Crippen LogP contribution in [0.1, 0.15) is 23.3 Å². The van der Waals surface area contributed by atoms with Crippen LogP contribution in [0.3, 0.4) is 0 Å². The van der Waals surface area contributed by atoms with Crippen molar-refractivity contribution < 1.29 is 14.3 Å². The van der Waals surface area contributed by atoms with Crippen molar-refractivity contribution in [2.45, 2.75) is 18.6 Å². The molecule has 1 amide bonds. The topological polar surface area (TPSA) is 82.4 Å². The molecule has 0 saturated carbocycles. The molecular weight excluding hydrogens is 406 g/mol. The minimum absolute atomic E-state index is 0.173. The third kappa shape index (κ3) is 3.36. The summed E-state index contributed by atoms with van der Waals surface area (Å²) in [6.07, 6.45) is 4.63. The molecule has 0 radical (unpaired) electrons. The van der Waals surface area contributed by atoms with Gasteiger partial charge in [-0.25, -0.2) is 4.68 Å². The summed E-state index contributed by atoms with van der Waals surface area (Å²) in [4.78, 5) is 19.3. The molecule has 4 heterocycles. The van der Waals surface area contributed by atoms with E-state index >= 15 is 0 Å². The fraction of sp³-hybridized carbons (Fsp3) is 0.333. The lowest BCUT2D eigenvalue weighted by Gasteiger charge is -2.37. The van der Waals surface area contributed by atoms with Gasteiger partial charge in [0.1, 0.15) is 5.69 Å². The van der Waals surface area contributed by atoms with Gasteiger partial charge in [0.05, 0.1) is 23.9 Å². The average Bonchev–Trinajstić information content (AvgIpc) is 3.42. The summed E-state index contributed by atoms with van der Waals surface area (Å²) in [5.41, 5.74) is 2.31. The third-order valence-electron chi connectivity index (χ3n) is 5.53. The van der Waals surface area contributed by atoms with Crippen molar-refractivity contribution in [1.29, 1.82) is 0 Å². The highest BCUT2D eigenvalue weighted by Crippen LogP contribution is 2.33. The molecule has 1 spiro atoms. The van der Waals surface area contributed by atoms with Gasteiger partial charge in [0.2, 0.25) is 0 Å². The number of halogens is 1. The smallest absolute Gasteiger partial charge is 0.276 e. The number of para-hydroxylation sites is 1. The van der Waals surface area contributed by atoms with Crippen LogP contribution in [0.15, 0.2) is 48.8 Å². The normalized spacial score (nSPS) is 18.1. The van der Waals surface area contributed by atoms with Gasteiger partial charge >= 0.3 is 0 Å². The number of carbonyl (C=O) groups is 1. The highest BCUT2D eigenvalue weighted by molar-refractivity contribution is 6.32. The highest BCUT2D eigenvalue weighted by atomic mass is 35.5. The molecule has 8 nitrogen and oxygen atoms in total. The number of likely N-dealkylation sites (tertiary alicyclic amines) is 1. The van der Waals surface area contributed by atoms with Gasteiger partial charge < -0.3 is 14.4 Å². The Kier molecular flexibility index (Phi) is 4.98. The maximum absolute atomic E-state index is 13.4. The lowest BCUT2D eigenvalue weighted by Crippen LogP contribution is -2.47. The van der Waals surface area contributed by atoms with Gasteiger partial charge in [-0.2, -0.15) is 0 Å². The Morgan fingerprint density at radius 1 is 1.03 bits per heavy atom. The van der Waals surface area contributed by atoms with E-state index in [1.165, 1.54) is 0 Å². The number of ether oxygens (including phenoxy) is 2. The van der Waals surface area contributed by atoms with Crippen LogP contribution in [0.5, 0.6) is 0 Å². The molecule has 2 aromatic heterocycles. The number of carbonyl (C=O) groups excluding carboxylic acids is 1. The summed E-state index contributed by atoms with van der Waals surface area (Å²) in [7, 11) is 0. The zero-order valence-corrected chi connectivity index (χ0v) is 17.0. The fourth-order valence-electron chi connectivity index (χ4n) is 3.97. The molecule has 3 aromatic rings. The van der Waals surface area contributed by atoms with E-state index in [0.717, 1.165) is 5.56 Å². The summed E-state index contributed by atoms with van der Waals surface area (Å²) in [5.74, 6) is -0.715. The number of piperidine rings is 1. The van der Waals surface area contributed by atoms with E-state index in [1.807, 2.05) is 30.3 Å². The van der Waals surface area contributed by atoms with Crippen LogP contribution in [0.2, 0.25) is 5.02 Å². The molecule has 30 heavy (non-hydrogen) atoms. The summed E-state index contributed by atoms with van der Waals surface area (Å²) < 4.78 is 13.1. The van der Waals surface area contributed by atoms with Gasteiger partial charge in [-0.3, -0.25) is 9.78 Å². The van der Waals surface area contributed by atoms with Crippen LogP contribution in [-0.2, 0) is 9.47 Å². The Balaban J connectivity index is 1.51. The van der Waals surface area contributed by atoms with E-state index in [4.69, 9.17) is 21.1 Å². The van der Waals surface area contributed by atoms with Crippen LogP contribution in [0.4, 0.5) is 0 Å². The van der Waals surface area contributed by atoms with Crippen molar-refractivity contribution in [2.75, 3.05) is 26.3 Å². The Morgan fingerprint density at radius 3 is 2.43 bits per heavy atom. The Bertz CT molecular complexity index is 1060. The largest absolute Gasteiger partial charge is 0.347 e. The van der Waals surface area contributed by atoms with Gasteiger partial charge in [0, 0.05) is 43.9 Å². The molecule has 1 aromatic carbocycles. The second kappa shape index (κ2) is 7.79. The Labute approximate surface area is 178 Å². The molecule has 9 heteroatoms. The SMILES string of the molecule is O=C(c1nnn(-c2ccccc2Cl)c1-c1ccncc1)N1CCC2(CC1)OCCO2. The molecular formula is C21H20ClN5O3. The lowest BCUT2D eigenvalue weighted by molar-refractivity contribution is -0.181. The molecule has 2 fully saturated rings. The van der Waals surface area contributed by atoms with Gasteiger partial charge in [0.25, 0.3) is 5.91 Å². The third-order valence-corrected chi connectivity index (χ3v) is 5.85. The van der Waals surface area contributed by atoms with Crippen molar-refractivity contribution in [3.63, 3.8) is 0 Å². The summed E-state index contributed by atoms with van der Waals surface area (Å²) in [6.45, 7) is 2.28. The molecule has 2 aliphatic rings. The van der Waals surface area contributed by atoms with Gasteiger partial charge in [-0.1, -0.05) is 28.9 Å². The number of aromatic nitrogens is 4. The first-order valence-electron chi connectivity index (χ1n) is 9.85. The molecule has 0 atom stereocenters. The van der Waals surface area contributed by atoms with E-state index in [-0.39, 0.29) is 11.6 Å².